The Kier molecular flexibility index (Phi) is 3.49. The number of hydrogen-bond acceptors (Lipinski definition) is 3. The van der Waals surface area contributed by atoms with Gasteiger partial charge in [-0.25, -0.2) is 4.98 Å². The number of hydrogen-bond donors (Lipinski definition) is 1. The first-order chi connectivity index (χ1) is 7.65. The fourth-order valence-electron chi connectivity index (χ4n) is 2.06. The van der Waals surface area contributed by atoms with E-state index in [0.29, 0.717) is 12.0 Å². The van der Waals surface area contributed by atoms with Gasteiger partial charge in [-0.3, -0.25) is 0 Å². The van der Waals surface area contributed by atoms with E-state index in [-0.39, 0.29) is 0 Å². The minimum Gasteiger partial charge on any atom is -0.381 e. The summed E-state index contributed by atoms with van der Waals surface area (Å²) in [5.41, 5.74) is 1.07. The number of aryl methyl sites for hydroxylation is 1. The van der Waals surface area contributed by atoms with Crippen LogP contribution >= 0.6 is 0 Å². The molecule has 1 aromatic heterocycles. The van der Waals surface area contributed by atoms with Crippen LogP contribution in [0.15, 0.2) is 6.20 Å². The summed E-state index contributed by atoms with van der Waals surface area (Å²) in [4.78, 5) is 4.50. The molecule has 90 valence electrons. The molecular formula is C12H21N3O. The van der Waals surface area contributed by atoms with E-state index < -0.39 is 0 Å². The highest BCUT2D eigenvalue weighted by Crippen LogP contribution is 2.18. The molecule has 4 nitrogen and oxygen atoms in total. The maximum atomic E-state index is 5.40. The third-order valence-electron chi connectivity index (χ3n) is 2.79. The molecule has 2 heterocycles. The van der Waals surface area contributed by atoms with Crippen molar-refractivity contribution in [3.63, 3.8) is 0 Å². The lowest BCUT2D eigenvalue weighted by molar-refractivity contribution is 0.182. The summed E-state index contributed by atoms with van der Waals surface area (Å²) in [5.74, 6) is 1.63. The van der Waals surface area contributed by atoms with E-state index in [1.807, 2.05) is 6.92 Å². The van der Waals surface area contributed by atoms with Gasteiger partial charge in [0.25, 0.3) is 0 Å². The number of imidazole rings is 1. The van der Waals surface area contributed by atoms with Crippen LogP contribution in [0, 0.1) is 12.8 Å². The highest BCUT2D eigenvalue weighted by atomic mass is 16.5. The molecule has 1 aliphatic rings. The summed E-state index contributed by atoms with van der Waals surface area (Å²) in [7, 11) is 0. The van der Waals surface area contributed by atoms with Gasteiger partial charge in [0.05, 0.1) is 12.3 Å². The van der Waals surface area contributed by atoms with Crippen LogP contribution in [0.25, 0.3) is 0 Å². The normalized spacial score (nSPS) is 20.6. The Bertz CT molecular complexity index is 340. The zero-order valence-electron chi connectivity index (χ0n) is 10.4. The van der Waals surface area contributed by atoms with Gasteiger partial charge in [0.2, 0.25) is 5.95 Å². The summed E-state index contributed by atoms with van der Waals surface area (Å²) in [6, 6.07) is 0.417. The van der Waals surface area contributed by atoms with Crippen LogP contribution in [0.2, 0.25) is 0 Å². The Morgan fingerprint density at radius 2 is 2.44 bits per heavy atom. The monoisotopic (exact) mass is 223 g/mol. The average molecular weight is 223 g/mol. The Morgan fingerprint density at radius 3 is 3.06 bits per heavy atom. The van der Waals surface area contributed by atoms with Crippen molar-refractivity contribution in [2.24, 2.45) is 5.92 Å². The number of nitrogens with zero attached hydrogens (tertiary/aromatic N) is 2. The van der Waals surface area contributed by atoms with Crippen molar-refractivity contribution in [1.82, 2.24) is 9.55 Å². The standard InChI is InChI=1S/C12H21N3O/c1-9(2)13-12-14-10(3)6-15(12)7-11-4-5-16-8-11/h6,9,11H,4-5,7-8H2,1-3H3,(H,13,14). The zero-order valence-corrected chi connectivity index (χ0v) is 10.4. The van der Waals surface area contributed by atoms with Crippen molar-refractivity contribution in [3.05, 3.63) is 11.9 Å². The van der Waals surface area contributed by atoms with Crippen LogP contribution in [0.5, 0.6) is 0 Å². The number of rotatable bonds is 4. The van der Waals surface area contributed by atoms with E-state index in [4.69, 9.17) is 4.74 Å². The molecule has 1 N–H and O–H groups in total. The molecule has 0 aromatic carbocycles. The van der Waals surface area contributed by atoms with E-state index >= 15 is 0 Å². The Hall–Kier alpha value is -1.03. The number of nitrogens with one attached hydrogen (secondary N) is 1. The maximum Gasteiger partial charge on any atom is 0.203 e. The number of anilines is 1. The second-order valence-corrected chi connectivity index (χ2v) is 4.89. The molecule has 0 spiro atoms. The first-order valence-corrected chi connectivity index (χ1v) is 6.03. The molecule has 16 heavy (non-hydrogen) atoms. The van der Waals surface area contributed by atoms with Crippen LogP contribution in [-0.2, 0) is 11.3 Å². The Balaban J connectivity index is 2.05. The van der Waals surface area contributed by atoms with Gasteiger partial charge in [0, 0.05) is 31.3 Å². The lowest BCUT2D eigenvalue weighted by Gasteiger charge is -2.14. The molecule has 1 aromatic rings. The van der Waals surface area contributed by atoms with Crippen molar-refractivity contribution in [2.75, 3.05) is 18.5 Å². The second-order valence-electron chi connectivity index (χ2n) is 4.89. The van der Waals surface area contributed by atoms with Gasteiger partial charge in [-0.15, -0.1) is 0 Å². The van der Waals surface area contributed by atoms with Crippen molar-refractivity contribution >= 4 is 5.95 Å². The third-order valence-corrected chi connectivity index (χ3v) is 2.79. The van der Waals surface area contributed by atoms with E-state index in [9.17, 15) is 0 Å². The Labute approximate surface area is 97.0 Å². The van der Waals surface area contributed by atoms with Gasteiger partial charge in [0.15, 0.2) is 0 Å². The van der Waals surface area contributed by atoms with Gasteiger partial charge in [0.1, 0.15) is 0 Å². The highest BCUT2D eigenvalue weighted by molar-refractivity contribution is 5.29. The largest absolute Gasteiger partial charge is 0.381 e. The van der Waals surface area contributed by atoms with Crippen molar-refractivity contribution in [2.45, 2.75) is 39.8 Å². The van der Waals surface area contributed by atoms with Crippen molar-refractivity contribution in [3.8, 4) is 0 Å². The molecule has 1 atom stereocenters. The van der Waals surface area contributed by atoms with Crippen LogP contribution in [-0.4, -0.2) is 28.8 Å². The molecular weight excluding hydrogens is 202 g/mol. The van der Waals surface area contributed by atoms with Crippen LogP contribution in [0.4, 0.5) is 5.95 Å². The first-order valence-electron chi connectivity index (χ1n) is 6.03. The smallest absolute Gasteiger partial charge is 0.203 e. The predicted octanol–water partition coefficient (Wildman–Crippen LogP) is 2.05. The van der Waals surface area contributed by atoms with Gasteiger partial charge < -0.3 is 14.6 Å². The summed E-state index contributed by atoms with van der Waals surface area (Å²) < 4.78 is 7.62. The maximum absolute atomic E-state index is 5.40. The topological polar surface area (TPSA) is 39.1 Å². The molecule has 0 radical (unpaired) electrons. The lowest BCUT2D eigenvalue weighted by Crippen LogP contribution is -2.17. The summed E-state index contributed by atoms with van der Waals surface area (Å²) >= 11 is 0. The minimum atomic E-state index is 0.417. The summed E-state index contributed by atoms with van der Waals surface area (Å²) in [6.45, 7) is 9.10. The Morgan fingerprint density at radius 1 is 1.62 bits per heavy atom. The van der Waals surface area contributed by atoms with Crippen LogP contribution in [0.3, 0.4) is 0 Å². The minimum absolute atomic E-state index is 0.417. The zero-order chi connectivity index (χ0) is 11.5. The summed E-state index contributed by atoms with van der Waals surface area (Å²) in [5, 5.41) is 3.38. The van der Waals surface area contributed by atoms with E-state index in [0.717, 1.165) is 31.4 Å². The van der Waals surface area contributed by atoms with E-state index in [1.54, 1.807) is 0 Å². The number of aromatic nitrogens is 2. The SMILES string of the molecule is Cc1cn(CC2CCOC2)c(NC(C)C)n1. The van der Waals surface area contributed by atoms with Crippen molar-refractivity contribution in [1.29, 1.82) is 0 Å². The molecule has 0 saturated carbocycles. The molecule has 1 fully saturated rings. The molecule has 1 aliphatic heterocycles. The molecule has 0 amide bonds. The summed E-state index contributed by atoms with van der Waals surface area (Å²) in [6.07, 6.45) is 3.28. The number of ether oxygens (including phenoxy) is 1. The van der Waals surface area contributed by atoms with Gasteiger partial charge in [-0.1, -0.05) is 0 Å². The molecule has 1 saturated heterocycles. The second kappa shape index (κ2) is 4.87. The molecule has 4 heteroatoms. The van der Waals surface area contributed by atoms with Gasteiger partial charge >= 0.3 is 0 Å². The lowest BCUT2D eigenvalue weighted by atomic mass is 10.1. The fraction of sp³-hybridized carbons (Fsp3) is 0.750. The van der Waals surface area contributed by atoms with Gasteiger partial charge in [-0.05, 0) is 27.2 Å². The first kappa shape index (κ1) is 11.5. The van der Waals surface area contributed by atoms with Crippen LogP contribution in [0.1, 0.15) is 26.0 Å². The van der Waals surface area contributed by atoms with E-state index in [1.165, 1.54) is 6.42 Å². The third kappa shape index (κ3) is 2.76. The molecule has 0 aliphatic carbocycles. The van der Waals surface area contributed by atoms with Gasteiger partial charge in [-0.2, -0.15) is 0 Å². The predicted molar refractivity (Wildman–Crippen MR) is 64.6 cm³/mol. The van der Waals surface area contributed by atoms with Crippen molar-refractivity contribution < 1.29 is 4.74 Å². The fourth-order valence-corrected chi connectivity index (χ4v) is 2.06. The van der Waals surface area contributed by atoms with Crippen LogP contribution < -0.4 is 5.32 Å². The quantitative estimate of drug-likeness (QED) is 0.849. The molecule has 2 rings (SSSR count). The molecule has 1 unspecified atom stereocenters. The molecule has 0 bridgehead atoms. The van der Waals surface area contributed by atoms with E-state index in [2.05, 4.69) is 34.9 Å². The highest BCUT2D eigenvalue weighted by Gasteiger charge is 2.18. The average Bonchev–Trinajstić information content (AvgIpc) is 2.77.